The van der Waals surface area contributed by atoms with Crippen molar-refractivity contribution < 1.29 is 22.3 Å². The third kappa shape index (κ3) is 5.30. The Morgan fingerprint density at radius 1 is 1.00 bits per heavy atom. The average Bonchev–Trinajstić information content (AvgIpc) is 3.67. The minimum atomic E-state index is -3.37. The van der Waals surface area contributed by atoms with Gasteiger partial charge in [0, 0.05) is 30.5 Å². The average molecular weight is 571 g/mol. The molecule has 0 amide bonds. The number of nitrogens with one attached hydrogen (secondary N) is 1. The second kappa shape index (κ2) is 10.1. The molecule has 0 unspecified atom stereocenters. The predicted molar refractivity (Wildman–Crippen MR) is 154 cm³/mol. The molecular weight excluding hydrogens is 543 g/mol. The zero-order valence-electron chi connectivity index (χ0n) is 22.5. The van der Waals surface area contributed by atoms with Crippen molar-refractivity contribution in [2.45, 2.75) is 29.6 Å². The Morgan fingerprint density at radius 2 is 1.71 bits per heavy atom. The van der Waals surface area contributed by atoms with E-state index in [1.807, 2.05) is 42.6 Å². The number of rotatable bonds is 9. The van der Waals surface area contributed by atoms with E-state index in [9.17, 15) is 17.6 Å². The maximum Gasteiger partial charge on any atom is 0.247 e. The molecule has 1 fully saturated rings. The van der Waals surface area contributed by atoms with E-state index in [0.29, 0.717) is 29.5 Å². The van der Waals surface area contributed by atoms with Gasteiger partial charge in [-0.1, -0.05) is 36.4 Å². The Labute approximate surface area is 236 Å². The lowest BCUT2D eigenvalue weighted by Crippen LogP contribution is -2.22. The Hall–Kier alpha value is -4.57. The van der Waals surface area contributed by atoms with Crippen LogP contribution in [0.4, 0.5) is 16.0 Å². The van der Waals surface area contributed by atoms with Crippen LogP contribution in [0.5, 0.6) is 5.75 Å². The van der Waals surface area contributed by atoms with Gasteiger partial charge in [0.05, 0.1) is 23.1 Å². The van der Waals surface area contributed by atoms with Crippen LogP contribution in [0.2, 0.25) is 0 Å². The molecule has 0 radical (unpaired) electrons. The number of benzene rings is 3. The van der Waals surface area contributed by atoms with Gasteiger partial charge in [-0.25, -0.2) is 17.3 Å². The molecule has 2 heterocycles. The standard InChI is InChI=1S/C31H27FN4O4S/c1-40-27-18-25(41(2,38)39)12-13-26(27)33-30-34-29-14-7-22(19-36(29)35-30)21-5-3-20(4-6-21)17-28(37)31(15-16-31)23-8-10-24(32)11-9-23/h3-14,18-19H,15-17H2,1-2H3,(H,33,35). The molecule has 6 rings (SSSR count). The fourth-order valence-electron chi connectivity index (χ4n) is 5.02. The molecule has 0 bridgehead atoms. The van der Waals surface area contributed by atoms with Gasteiger partial charge in [0.2, 0.25) is 5.95 Å². The van der Waals surface area contributed by atoms with E-state index in [-0.39, 0.29) is 16.5 Å². The molecule has 0 aliphatic heterocycles. The van der Waals surface area contributed by atoms with Crippen molar-refractivity contribution in [1.29, 1.82) is 0 Å². The van der Waals surface area contributed by atoms with E-state index in [1.165, 1.54) is 31.4 Å². The lowest BCUT2D eigenvalue weighted by Gasteiger charge is -2.15. The molecule has 0 atom stereocenters. The molecule has 1 N–H and O–H groups in total. The summed E-state index contributed by atoms with van der Waals surface area (Å²) in [5.41, 5.74) is 4.37. The predicted octanol–water partition coefficient (Wildman–Crippen LogP) is 5.53. The molecule has 2 aromatic heterocycles. The Morgan fingerprint density at radius 3 is 2.37 bits per heavy atom. The van der Waals surface area contributed by atoms with Gasteiger partial charge in [-0.05, 0) is 65.9 Å². The van der Waals surface area contributed by atoms with Gasteiger partial charge in [0.15, 0.2) is 15.5 Å². The molecule has 0 saturated heterocycles. The smallest absolute Gasteiger partial charge is 0.247 e. The highest BCUT2D eigenvalue weighted by Crippen LogP contribution is 2.49. The summed E-state index contributed by atoms with van der Waals surface area (Å²) in [6, 6.07) is 22.5. The third-order valence-electron chi connectivity index (χ3n) is 7.51. The lowest BCUT2D eigenvalue weighted by molar-refractivity contribution is -0.120. The first kappa shape index (κ1) is 26.6. The number of halogens is 1. The minimum absolute atomic E-state index is 0.155. The quantitative estimate of drug-likeness (QED) is 0.248. The first-order chi connectivity index (χ1) is 19.6. The molecular formula is C31H27FN4O4S. The fourth-order valence-corrected chi connectivity index (χ4v) is 5.66. The van der Waals surface area contributed by atoms with Crippen LogP contribution < -0.4 is 10.1 Å². The number of methoxy groups -OCH3 is 1. The summed E-state index contributed by atoms with van der Waals surface area (Å²) < 4.78 is 44.1. The number of carbonyl (C=O) groups is 1. The molecule has 1 aliphatic carbocycles. The number of nitrogens with zero attached hydrogens (tertiary/aromatic N) is 3. The molecule has 10 heteroatoms. The van der Waals surface area contributed by atoms with Gasteiger partial charge in [-0.15, -0.1) is 5.10 Å². The van der Waals surface area contributed by atoms with E-state index >= 15 is 0 Å². The van der Waals surface area contributed by atoms with Crippen LogP contribution in [0.3, 0.4) is 0 Å². The SMILES string of the molecule is COc1cc(S(C)(=O)=O)ccc1Nc1nc2ccc(-c3ccc(CC(=O)C4(c5ccc(F)cc5)CC4)cc3)cn2n1. The first-order valence-corrected chi connectivity index (χ1v) is 14.9. The van der Waals surface area contributed by atoms with Crippen molar-refractivity contribution in [1.82, 2.24) is 14.6 Å². The molecule has 41 heavy (non-hydrogen) atoms. The van der Waals surface area contributed by atoms with Gasteiger partial charge in [0.25, 0.3) is 0 Å². The number of Topliss-reactive ketones (excluding diaryl/α,β-unsaturated/α-hetero) is 1. The van der Waals surface area contributed by atoms with E-state index in [1.54, 1.807) is 22.7 Å². The summed E-state index contributed by atoms with van der Waals surface area (Å²) >= 11 is 0. The first-order valence-electron chi connectivity index (χ1n) is 13.0. The summed E-state index contributed by atoms with van der Waals surface area (Å²) in [6.07, 6.45) is 4.92. The van der Waals surface area contributed by atoms with Gasteiger partial charge < -0.3 is 10.1 Å². The van der Waals surface area contributed by atoms with E-state index in [0.717, 1.165) is 41.4 Å². The van der Waals surface area contributed by atoms with Crippen LogP contribution >= 0.6 is 0 Å². The summed E-state index contributed by atoms with van der Waals surface area (Å²) in [6.45, 7) is 0. The number of pyridine rings is 1. The number of sulfone groups is 1. The molecule has 3 aromatic carbocycles. The summed E-state index contributed by atoms with van der Waals surface area (Å²) in [5.74, 6) is 0.544. The number of carbonyl (C=O) groups excluding carboxylic acids is 1. The second-order valence-corrected chi connectivity index (χ2v) is 12.3. The topological polar surface area (TPSA) is 103 Å². The maximum atomic E-state index is 13.4. The highest BCUT2D eigenvalue weighted by molar-refractivity contribution is 7.90. The number of hydrogen-bond donors (Lipinski definition) is 1. The highest BCUT2D eigenvalue weighted by Gasteiger charge is 2.50. The number of fused-ring (bicyclic) bond motifs is 1. The van der Waals surface area contributed by atoms with Crippen LogP contribution in [0.15, 0.2) is 90.0 Å². The number of aromatic nitrogens is 3. The largest absolute Gasteiger partial charge is 0.495 e. The van der Waals surface area contributed by atoms with Gasteiger partial charge in [0.1, 0.15) is 17.3 Å². The Bertz CT molecular complexity index is 1880. The molecule has 5 aromatic rings. The fraction of sp³-hybridized carbons (Fsp3) is 0.194. The molecule has 8 nitrogen and oxygen atoms in total. The maximum absolute atomic E-state index is 13.4. The monoisotopic (exact) mass is 570 g/mol. The highest BCUT2D eigenvalue weighted by atomic mass is 32.2. The number of hydrogen-bond acceptors (Lipinski definition) is 7. The van der Waals surface area contributed by atoms with Crippen molar-refractivity contribution in [2.75, 3.05) is 18.7 Å². The molecule has 1 saturated carbocycles. The minimum Gasteiger partial charge on any atom is -0.495 e. The van der Waals surface area contributed by atoms with Crippen molar-refractivity contribution in [3.05, 3.63) is 102 Å². The Kier molecular flexibility index (Phi) is 6.57. The van der Waals surface area contributed by atoms with Crippen LogP contribution in [-0.4, -0.2) is 42.2 Å². The Balaban J connectivity index is 1.18. The van der Waals surface area contributed by atoms with Crippen LogP contribution in [-0.2, 0) is 26.5 Å². The van der Waals surface area contributed by atoms with Crippen molar-refractivity contribution in [2.24, 2.45) is 0 Å². The van der Waals surface area contributed by atoms with Crippen LogP contribution in [0.25, 0.3) is 16.8 Å². The summed E-state index contributed by atoms with van der Waals surface area (Å²) in [4.78, 5) is 17.8. The molecule has 1 aliphatic rings. The van der Waals surface area contributed by atoms with E-state index < -0.39 is 15.3 Å². The van der Waals surface area contributed by atoms with Crippen molar-refractivity contribution in [3.63, 3.8) is 0 Å². The zero-order chi connectivity index (χ0) is 28.8. The third-order valence-corrected chi connectivity index (χ3v) is 8.62. The molecule has 0 spiro atoms. The lowest BCUT2D eigenvalue weighted by atomic mass is 9.88. The van der Waals surface area contributed by atoms with E-state index in [4.69, 9.17) is 4.74 Å². The number of anilines is 2. The number of ketones is 1. The van der Waals surface area contributed by atoms with Gasteiger partial charge in [-0.3, -0.25) is 4.79 Å². The molecule has 208 valence electrons. The summed E-state index contributed by atoms with van der Waals surface area (Å²) in [5, 5.41) is 7.61. The van der Waals surface area contributed by atoms with Gasteiger partial charge >= 0.3 is 0 Å². The zero-order valence-corrected chi connectivity index (χ0v) is 23.3. The second-order valence-electron chi connectivity index (χ2n) is 10.3. The van der Waals surface area contributed by atoms with Gasteiger partial charge in [-0.2, -0.15) is 4.98 Å². The van der Waals surface area contributed by atoms with E-state index in [2.05, 4.69) is 15.4 Å². The van der Waals surface area contributed by atoms with Crippen LogP contribution in [0.1, 0.15) is 24.0 Å². The van der Waals surface area contributed by atoms with Crippen LogP contribution in [0, 0.1) is 5.82 Å². The van der Waals surface area contributed by atoms with Crippen molar-refractivity contribution >= 4 is 32.9 Å². The number of ether oxygens (including phenoxy) is 1. The van der Waals surface area contributed by atoms with Crippen molar-refractivity contribution in [3.8, 4) is 16.9 Å². The normalized spacial score (nSPS) is 14.1. The summed E-state index contributed by atoms with van der Waals surface area (Å²) in [7, 11) is -1.91.